The number of aryl methyl sites for hydroxylation is 1. The smallest absolute Gasteiger partial charge is 0.254 e. The van der Waals surface area contributed by atoms with Gasteiger partial charge in [-0.25, -0.2) is 9.98 Å². The van der Waals surface area contributed by atoms with Crippen LogP contribution < -0.4 is 5.32 Å². The monoisotopic (exact) mass is 399 g/mol. The average Bonchev–Trinajstić information content (AvgIpc) is 3.17. The number of rotatable bonds is 5. The lowest BCUT2D eigenvalue weighted by molar-refractivity contribution is -0.117. The van der Waals surface area contributed by atoms with Crippen LogP contribution in [0.1, 0.15) is 18.2 Å². The SMILES string of the molecule is C=C1N=CC(C(=O)NCc2ccc(-c3nc4cnc(C)cc4o3)cc2)=CN1/C=C\C. The summed E-state index contributed by atoms with van der Waals surface area (Å²) in [6.45, 7) is 8.03. The number of allylic oxidation sites excluding steroid dienone is 1. The number of nitrogens with one attached hydrogen (secondary N) is 1. The lowest BCUT2D eigenvalue weighted by atomic mass is 10.1. The molecule has 2 aromatic heterocycles. The first-order chi connectivity index (χ1) is 14.5. The molecular formula is C23H21N5O2. The van der Waals surface area contributed by atoms with E-state index in [4.69, 9.17) is 4.42 Å². The third-order valence-corrected chi connectivity index (χ3v) is 4.57. The molecule has 150 valence electrons. The number of nitrogens with zero attached hydrogens (tertiary/aromatic N) is 4. The Morgan fingerprint density at radius 1 is 1.30 bits per heavy atom. The topological polar surface area (TPSA) is 83.6 Å². The van der Waals surface area contributed by atoms with E-state index >= 15 is 0 Å². The van der Waals surface area contributed by atoms with Gasteiger partial charge in [-0.15, -0.1) is 0 Å². The summed E-state index contributed by atoms with van der Waals surface area (Å²) < 4.78 is 5.83. The number of amides is 1. The van der Waals surface area contributed by atoms with Crippen molar-refractivity contribution in [2.45, 2.75) is 20.4 Å². The van der Waals surface area contributed by atoms with Crippen molar-refractivity contribution >= 4 is 23.2 Å². The highest BCUT2D eigenvalue weighted by atomic mass is 16.3. The summed E-state index contributed by atoms with van der Waals surface area (Å²) in [5.74, 6) is 0.901. The molecule has 0 unspecified atom stereocenters. The van der Waals surface area contributed by atoms with Gasteiger partial charge in [-0.05, 0) is 31.5 Å². The molecule has 1 aliphatic heterocycles. The molecular weight excluding hydrogens is 378 g/mol. The molecule has 0 fully saturated rings. The van der Waals surface area contributed by atoms with Crippen LogP contribution in [0.25, 0.3) is 22.6 Å². The molecule has 1 N–H and O–H groups in total. The number of oxazole rings is 1. The van der Waals surface area contributed by atoms with E-state index in [2.05, 4.69) is 26.9 Å². The number of hydrogen-bond donors (Lipinski definition) is 1. The Balaban J connectivity index is 1.42. The quantitative estimate of drug-likeness (QED) is 0.699. The summed E-state index contributed by atoms with van der Waals surface area (Å²) in [4.78, 5) is 27.0. The highest BCUT2D eigenvalue weighted by Gasteiger charge is 2.14. The number of benzene rings is 1. The van der Waals surface area contributed by atoms with E-state index in [1.807, 2.05) is 50.3 Å². The van der Waals surface area contributed by atoms with Gasteiger partial charge in [0.05, 0.1) is 11.8 Å². The predicted octanol–water partition coefficient (Wildman–Crippen LogP) is 4.09. The van der Waals surface area contributed by atoms with Crippen LogP contribution in [0.15, 0.2) is 82.4 Å². The van der Waals surface area contributed by atoms with Crippen LogP contribution in [0.4, 0.5) is 0 Å². The van der Waals surface area contributed by atoms with Gasteiger partial charge in [0.2, 0.25) is 5.89 Å². The lowest BCUT2D eigenvalue weighted by Gasteiger charge is -2.19. The van der Waals surface area contributed by atoms with E-state index in [1.165, 1.54) is 6.21 Å². The fourth-order valence-corrected chi connectivity index (χ4v) is 2.98. The molecule has 0 bridgehead atoms. The molecule has 0 radical (unpaired) electrons. The summed E-state index contributed by atoms with van der Waals surface area (Å²) in [6.07, 6.45) is 8.59. The maximum absolute atomic E-state index is 12.5. The van der Waals surface area contributed by atoms with E-state index in [0.717, 1.165) is 22.3 Å². The highest BCUT2D eigenvalue weighted by Crippen LogP contribution is 2.24. The second kappa shape index (κ2) is 8.16. The first-order valence-electron chi connectivity index (χ1n) is 9.50. The van der Waals surface area contributed by atoms with Crippen LogP contribution in [0, 0.1) is 6.92 Å². The Morgan fingerprint density at radius 3 is 2.87 bits per heavy atom. The molecule has 0 atom stereocenters. The van der Waals surface area contributed by atoms with Gasteiger partial charge in [-0.2, -0.15) is 0 Å². The van der Waals surface area contributed by atoms with Crippen LogP contribution in [0.5, 0.6) is 0 Å². The van der Waals surface area contributed by atoms with Gasteiger partial charge >= 0.3 is 0 Å². The number of hydrogen-bond acceptors (Lipinski definition) is 6. The predicted molar refractivity (Wildman–Crippen MR) is 116 cm³/mol. The summed E-state index contributed by atoms with van der Waals surface area (Å²) in [5.41, 5.74) is 4.61. The Hall–Kier alpha value is -4.00. The van der Waals surface area contributed by atoms with E-state index in [-0.39, 0.29) is 5.91 Å². The number of aliphatic imine (C=N–C) groups is 1. The van der Waals surface area contributed by atoms with Gasteiger partial charge in [-0.3, -0.25) is 9.78 Å². The fourth-order valence-electron chi connectivity index (χ4n) is 2.98. The van der Waals surface area contributed by atoms with Gasteiger partial charge in [-0.1, -0.05) is 24.8 Å². The van der Waals surface area contributed by atoms with Crippen molar-refractivity contribution in [1.82, 2.24) is 20.2 Å². The summed E-state index contributed by atoms with van der Waals surface area (Å²) in [6, 6.07) is 9.58. The summed E-state index contributed by atoms with van der Waals surface area (Å²) >= 11 is 0. The normalized spacial score (nSPS) is 13.9. The Bertz CT molecular complexity index is 1200. The zero-order valence-electron chi connectivity index (χ0n) is 16.8. The minimum Gasteiger partial charge on any atom is -0.436 e. The van der Waals surface area contributed by atoms with Crippen LogP contribution in [0.3, 0.4) is 0 Å². The molecule has 0 aliphatic carbocycles. The van der Waals surface area contributed by atoms with Gasteiger partial charge in [0.1, 0.15) is 11.3 Å². The number of pyridine rings is 1. The average molecular weight is 399 g/mol. The molecule has 3 heterocycles. The Labute approximate surface area is 174 Å². The van der Waals surface area contributed by atoms with E-state index < -0.39 is 0 Å². The zero-order valence-corrected chi connectivity index (χ0v) is 16.8. The molecule has 0 spiro atoms. The van der Waals surface area contributed by atoms with Gasteiger partial charge < -0.3 is 14.6 Å². The van der Waals surface area contributed by atoms with Gasteiger partial charge in [0.15, 0.2) is 5.58 Å². The fraction of sp³-hybridized carbons (Fsp3) is 0.130. The molecule has 7 nitrogen and oxygen atoms in total. The van der Waals surface area contributed by atoms with Crippen molar-refractivity contribution in [2.75, 3.05) is 0 Å². The molecule has 1 aliphatic rings. The van der Waals surface area contributed by atoms with Crippen LogP contribution in [-0.2, 0) is 11.3 Å². The molecule has 30 heavy (non-hydrogen) atoms. The van der Waals surface area contributed by atoms with E-state index in [9.17, 15) is 4.79 Å². The number of fused-ring (bicyclic) bond motifs is 1. The highest BCUT2D eigenvalue weighted by molar-refractivity contribution is 6.12. The zero-order chi connectivity index (χ0) is 21.1. The van der Waals surface area contributed by atoms with Gasteiger partial charge in [0, 0.05) is 42.5 Å². The summed E-state index contributed by atoms with van der Waals surface area (Å²) in [7, 11) is 0. The molecule has 1 aromatic carbocycles. The standard InChI is InChI=1S/C23H21N5O2/c1-4-9-28-14-19(12-25-16(28)3)22(29)26-11-17-5-7-18(8-6-17)23-27-20-13-24-15(2)10-21(20)30-23/h4-10,12-14H,3,11H2,1-2H3,(H,26,29)/b9-4-. The largest absolute Gasteiger partial charge is 0.436 e. The number of carbonyl (C=O) groups is 1. The number of aromatic nitrogens is 2. The van der Waals surface area contributed by atoms with E-state index in [1.54, 1.807) is 23.5 Å². The molecule has 4 rings (SSSR count). The van der Waals surface area contributed by atoms with Crippen LogP contribution in [-0.4, -0.2) is 27.0 Å². The van der Waals surface area contributed by atoms with Crippen molar-refractivity contribution in [3.05, 3.63) is 84.2 Å². The van der Waals surface area contributed by atoms with Crippen molar-refractivity contribution in [3.63, 3.8) is 0 Å². The third kappa shape index (κ3) is 4.05. The van der Waals surface area contributed by atoms with Crippen LogP contribution in [0.2, 0.25) is 0 Å². The maximum Gasteiger partial charge on any atom is 0.254 e. The van der Waals surface area contributed by atoms with E-state index in [0.29, 0.717) is 29.4 Å². The first kappa shape index (κ1) is 19.3. The third-order valence-electron chi connectivity index (χ3n) is 4.57. The molecule has 1 amide bonds. The second-order valence-corrected chi connectivity index (χ2v) is 6.84. The van der Waals surface area contributed by atoms with Crippen molar-refractivity contribution in [1.29, 1.82) is 0 Å². The molecule has 7 heteroatoms. The van der Waals surface area contributed by atoms with Crippen molar-refractivity contribution in [3.8, 4) is 11.5 Å². The lowest BCUT2D eigenvalue weighted by Crippen LogP contribution is -2.28. The van der Waals surface area contributed by atoms with Crippen LogP contribution >= 0.6 is 0 Å². The minimum absolute atomic E-state index is 0.202. The number of carbonyl (C=O) groups excluding carboxylic acids is 1. The Kier molecular flexibility index (Phi) is 5.26. The molecule has 3 aromatic rings. The minimum atomic E-state index is -0.202. The van der Waals surface area contributed by atoms with Crippen molar-refractivity contribution in [2.24, 2.45) is 4.99 Å². The maximum atomic E-state index is 12.5. The van der Waals surface area contributed by atoms with Gasteiger partial charge in [0.25, 0.3) is 5.91 Å². The molecule has 0 saturated carbocycles. The second-order valence-electron chi connectivity index (χ2n) is 6.84. The summed E-state index contributed by atoms with van der Waals surface area (Å²) in [5, 5.41) is 2.91. The first-order valence-corrected chi connectivity index (χ1v) is 9.50. The molecule has 0 saturated heterocycles. The Morgan fingerprint density at radius 2 is 2.10 bits per heavy atom. The van der Waals surface area contributed by atoms with Crippen molar-refractivity contribution < 1.29 is 9.21 Å².